The molecule has 2 nitrogen and oxygen atoms in total. The number of hydrogen-bond donors (Lipinski definition) is 1. The molecule has 1 atom stereocenters. The second-order valence-electron chi connectivity index (χ2n) is 4.12. The second-order valence-corrected chi connectivity index (χ2v) is 4.55. The Hall–Kier alpha value is -1.28. The largest absolute Gasteiger partial charge is 0.326 e. The summed E-state index contributed by atoms with van der Waals surface area (Å²) < 4.78 is 0. The zero-order valence-electron chi connectivity index (χ0n) is 9.16. The molecule has 1 aromatic carbocycles. The van der Waals surface area contributed by atoms with Crippen LogP contribution < -0.4 is 5.32 Å². The average molecular weight is 236 g/mol. The molecule has 0 saturated carbocycles. The molecular formula is C13H14ClNO. The van der Waals surface area contributed by atoms with Crippen molar-refractivity contribution in [2.24, 2.45) is 5.92 Å². The maximum Gasteiger partial charge on any atom is 0.231 e. The molecule has 0 fully saturated rings. The highest BCUT2D eigenvalue weighted by Gasteiger charge is 2.18. The third kappa shape index (κ3) is 2.64. The van der Waals surface area contributed by atoms with Crippen molar-refractivity contribution in [3.05, 3.63) is 40.9 Å². The molecule has 2 rings (SSSR count). The highest BCUT2D eigenvalue weighted by molar-refractivity contribution is 6.31. The molecular weight excluding hydrogens is 222 g/mol. The van der Waals surface area contributed by atoms with Gasteiger partial charge in [-0.15, -0.1) is 0 Å². The number of rotatable bonds is 2. The van der Waals surface area contributed by atoms with Gasteiger partial charge in [0.2, 0.25) is 5.91 Å². The van der Waals surface area contributed by atoms with Crippen molar-refractivity contribution in [3.63, 3.8) is 0 Å². The van der Waals surface area contributed by atoms with Gasteiger partial charge in [-0.25, -0.2) is 0 Å². The van der Waals surface area contributed by atoms with E-state index in [1.54, 1.807) is 6.07 Å². The SMILES string of the molecule is Cc1cc(Cl)cc(NC(=O)C2C=CCC2)c1. The van der Waals surface area contributed by atoms with E-state index in [0.717, 1.165) is 24.1 Å². The first kappa shape index (κ1) is 11.2. The number of anilines is 1. The van der Waals surface area contributed by atoms with E-state index in [4.69, 9.17) is 11.6 Å². The molecule has 0 heterocycles. The van der Waals surface area contributed by atoms with Gasteiger partial charge in [-0.3, -0.25) is 4.79 Å². The number of halogens is 1. The van der Waals surface area contributed by atoms with Crippen LogP contribution in [0, 0.1) is 12.8 Å². The van der Waals surface area contributed by atoms with Crippen LogP contribution in [0.2, 0.25) is 5.02 Å². The fourth-order valence-electron chi connectivity index (χ4n) is 1.89. The molecule has 1 amide bonds. The number of amides is 1. The molecule has 0 saturated heterocycles. The predicted molar refractivity (Wildman–Crippen MR) is 66.7 cm³/mol. The molecule has 1 N–H and O–H groups in total. The first-order chi connectivity index (χ1) is 7.65. The van der Waals surface area contributed by atoms with Gasteiger partial charge in [-0.1, -0.05) is 23.8 Å². The quantitative estimate of drug-likeness (QED) is 0.781. The monoisotopic (exact) mass is 235 g/mol. The Morgan fingerprint density at radius 2 is 2.25 bits per heavy atom. The highest BCUT2D eigenvalue weighted by Crippen LogP contribution is 2.22. The minimum absolute atomic E-state index is 0.0132. The van der Waals surface area contributed by atoms with Crippen LogP contribution in [-0.2, 0) is 4.79 Å². The Morgan fingerprint density at radius 3 is 2.88 bits per heavy atom. The van der Waals surface area contributed by atoms with E-state index >= 15 is 0 Å². The molecule has 16 heavy (non-hydrogen) atoms. The minimum Gasteiger partial charge on any atom is -0.326 e. The Balaban J connectivity index is 2.08. The van der Waals surface area contributed by atoms with Crippen LogP contribution in [-0.4, -0.2) is 5.91 Å². The van der Waals surface area contributed by atoms with E-state index in [1.807, 2.05) is 31.2 Å². The standard InChI is InChI=1S/C13H14ClNO/c1-9-6-11(14)8-12(7-9)15-13(16)10-4-2-3-5-10/h2,4,6-8,10H,3,5H2,1H3,(H,15,16). The number of aryl methyl sites for hydroxylation is 1. The van der Waals surface area contributed by atoms with E-state index in [1.165, 1.54) is 0 Å². The number of carbonyl (C=O) groups excluding carboxylic acids is 1. The van der Waals surface area contributed by atoms with Crippen LogP contribution in [0.4, 0.5) is 5.69 Å². The molecule has 3 heteroatoms. The van der Waals surface area contributed by atoms with E-state index in [9.17, 15) is 4.79 Å². The summed E-state index contributed by atoms with van der Waals surface area (Å²) in [7, 11) is 0. The van der Waals surface area contributed by atoms with Crippen LogP contribution in [0.5, 0.6) is 0 Å². The lowest BCUT2D eigenvalue weighted by molar-refractivity contribution is -0.118. The molecule has 1 aliphatic rings. The highest BCUT2D eigenvalue weighted by atomic mass is 35.5. The van der Waals surface area contributed by atoms with E-state index in [-0.39, 0.29) is 11.8 Å². The van der Waals surface area contributed by atoms with Crippen molar-refractivity contribution in [2.75, 3.05) is 5.32 Å². The van der Waals surface area contributed by atoms with Crippen molar-refractivity contribution < 1.29 is 4.79 Å². The van der Waals surface area contributed by atoms with Crippen molar-refractivity contribution in [3.8, 4) is 0 Å². The van der Waals surface area contributed by atoms with Gasteiger partial charge in [0, 0.05) is 10.7 Å². The normalized spacial score (nSPS) is 18.8. The summed E-state index contributed by atoms with van der Waals surface area (Å²) in [6.07, 6.45) is 5.91. The lowest BCUT2D eigenvalue weighted by atomic mass is 10.1. The van der Waals surface area contributed by atoms with Gasteiger partial charge in [-0.05, 0) is 43.5 Å². The summed E-state index contributed by atoms with van der Waals surface area (Å²) in [6.45, 7) is 1.96. The average Bonchev–Trinajstić information content (AvgIpc) is 2.68. The topological polar surface area (TPSA) is 29.1 Å². The molecule has 1 aromatic rings. The van der Waals surface area contributed by atoms with E-state index in [2.05, 4.69) is 5.32 Å². The Bertz CT molecular complexity index is 419. The third-order valence-electron chi connectivity index (χ3n) is 2.66. The molecule has 0 radical (unpaired) electrons. The maximum atomic E-state index is 11.8. The van der Waals surface area contributed by atoms with Crippen LogP contribution in [0.25, 0.3) is 0 Å². The second kappa shape index (κ2) is 4.71. The molecule has 0 bridgehead atoms. The van der Waals surface area contributed by atoms with E-state index in [0.29, 0.717) is 5.02 Å². The first-order valence-electron chi connectivity index (χ1n) is 5.40. The summed E-state index contributed by atoms with van der Waals surface area (Å²) in [5.41, 5.74) is 1.82. The van der Waals surface area contributed by atoms with Crippen molar-refractivity contribution in [1.82, 2.24) is 0 Å². The Kier molecular flexibility index (Phi) is 3.30. The maximum absolute atomic E-state index is 11.8. The Morgan fingerprint density at radius 1 is 1.44 bits per heavy atom. The molecule has 1 aliphatic carbocycles. The van der Waals surface area contributed by atoms with Crippen molar-refractivity contribution >= 4 is 23.2 Å². The fourth-order valence-corrected chi connectivity index (χ4v) is 2.18. The summed E-state index contributed by atoms with van der Waals surface area (Å²) >= 11 is 5.93. The number of nitrogens with one attached hydrogen (secondary N) is 1. The molecule has 84 valence electrons. The van der Waals surface area contributed by atoms with Gasteiger partial charge >= 0.3 is 0 Å². The van der Waals surface area contributed by atoms with Crippen molar-refractivity contribution in [2.45, 2.75) is 19.8 Å². The smallest absolute Gasteiger partial charge is 0.231 e. The van der Waals surface area contributed by atoms with Gasteiger partial charge in [0.05, 0.1) is 5.92 Å². The van der Waals surface area contributed by atoms with Crippen molar-refractivity contribution in [1.29, 1.82) is 0 Å². The van der Waals surface area contributed by atoms with Gasteiger partial charge < -0.3 is 5.32 Å². The van der Waals surface area contributed by atoms with Gasteiger partial charge in [0.1, 0.15) is 0 Å². The van der Waals surface area contributed by atoms with Crippen LogP contribution in [0.15, 0.2) is 30.4 Å². The minimum atomic E-state index is 0.0132. The molecule has 0 spiro atoms. The zero-order valence-corrected chi connectivity index (χ0v) is 9.92. The lowest BCUT2D eigenvalue weighted by Crippen LogP contribution is -2.19. The molecule has 0 aromatic heterocycles. The van der Waals surface area contributed by atoms with Crippen LogP contribution in [0.1, 0.15) is 18.4 Å². The zero-order chi connectivity index (χ0) is 11.5. The third-order valence-corrected chi connectivity index (χ3v) is 2.88. The first-order valence-corrected chi connectivity index (χ1v) is 5.77. The summed E-state index contributed by atoms with van der Waals surface area (Å²) in [5.74, 6) is 0.0645. The summed E-state index contributed by atoms with van der Waals surface area (Å²) in [4.78, 5) is 11.8. The summed E-state index contributed by atoms with van der Waals surface area (Å²) in [6, 6.07) is 5.56. The number of carbonyl (C=O) groups is 1. The number of benzene rings is 1. The molecule has 0 aliphatic heterocycles. The lowest BCUT2D eigenvalue weighted by Gasteiger charge is -2.10. The van der Waals surface area contributed by atoms with Gasteiger partial charge in [0.15, 0.2) is 0 Å². The van der Waals surface area contributed by atoms with Crippen LogP contribution in [0.3, 0.4) is 0 Å². The Labute approximate surface area is 100 Å². The predicted octanol–water partition coefficient (Wildman–Crippen LogP) is 3.55. The van der Waals surface area contributed by atoms with Gasteiger partial charge in [-0.2, -0.15) is 0 Å². The van der Waals surface area contributed by atoms with Gasteiger partial charge in [0.25, 0.3) is 0 Å². The number of hydrogen-bond acceptors (Lipinski definition) is 1. The molecule has 1 unspecified atom stereocenters. The summed E-state index contributed by atoms with van der Waals surface area (Å²) in [5, 5.41) is 3.54. The van der Waals surface area contributed by atoms with E-state index < -0.39 is 0 Å². The fraction of sp³-hybridized carbons (Fsp3) is 0.308. The number of allylic oxidation sites excluding steroid dienone is 1. The van der Waals surface area contributed by atoms with Crippen LogP contribution >= 0.6 is 11.6 Å².